The minimum Gasteiger partial charge on any atom is -0.353 e. The van der Waals surface area contributed by atoms with Crippen molar-refractivity contribution >= 4 is 17.2 Å². The Bertz CT molecular complexity index is 761. The minimum atomic E-state index is -0.0128. The van der Waals surface area contributed by atoms with Crippen molar-refractivity contribution < 1.29 is 4.79 Å². The molecule has 0 bridgehead atoms. The largest absolute Gasteiger partial charge is 0.353 e. The quantitative estimate of drug-likeness (QED) is 0.857. The van der Waals surface area contributed by atoms with Gasteiger partial charge in [0, 0.05) is 30.4 Å². The van der Waals surface area contributed by atoms with Crippen LogP contribution in [-0.4, -0.2) is 26.3 Å². The van der Waals surface area contributed by atoms with E-state index in [9.17, 15) is 9.59 Å². The molecule has 1 atom stereocenters. The fourth-order valence-electron chi connectivity index (χ4n) is 3.15. The predicted molar refractivity (Wildman–Crippen MR) is 98.8 cm³/mol. The molecule has 0 saturated carbocycles. The van der Waals surface area contributed by atoms with E-state index in [1.54, 1.807) is 20.6 Å². The monoisotopic (exact) mass is 362 g/mol. The molecule has 2 aromatic heterocycles. The van der Waals surface area contributed by atoms with Gasteiger partial charge in [0.05, 0.1) is 6.42 Å². The highest BCUT2D eigenvalue weighted by atomic mass is 32.1. The summed E-state index contributed by atoms with van der Waals surface area (Å²) in [5.74, 6) is 1.46. The summed E-state index contributed by atoms with van der Waals surface area (Å²) in [6.07, 6.45) is 3.72. The van der Waals surface area contributed by atoms with Crippen molar-refractivity contribution in [1.82, 2.24) is 19.7 Å². The molecule has 0 aliphatic carbocycles. The van der Waals surface area contributed by atoms with Gasteiger partial charge in [-0.1, -0.05) is 19.9 Å². The van der Waals surface area contributed by atoms with Crippen LogP contribution in [0.25, 0.3) is 0 Å². The average molecular weight is 362 g/mol. The van der Waals surface area contributed by atoms with Gasteiger partial charge < -0.3 is 5.32 Å². The zero-order valence-corrected chi connectivity index (χ0v) is 15.7. The number of amides is 1. The lowest BCUT2D eigenvalue weighted by Crippen LogP contribution is -2.36. The first-order valence-corrected chi connectivity index (χ1v) is 9.89. The Labute approximate surface area is 151 Å². The third-order valence-electron chi connectivity index (χ3n) is 4.62. The van der Waals surface area contributed by atoms with Gasteiger partial charge in [0.25, 0.3) is 0 Å². The molecule has 0 fully saturated rings. The standard InChI is InChI=1S/C18H26N4O2S/c1-13(2)7-10-22-18(24)21-9-8-14(5-6-16(21)20-22)19-17(23)12-15-4-3-11-25-15/h3-4,11,13-14H,5-10,12H2,1-2H3,(H,19,23). The lowest BCUT2D eigenvalue weighted by Gasteiger charge is -2.15. The van der Waals surface area contributed by atoms with E-state index in [2.05, 4.69) is 24.3 Å². The fourth-order valence-corrected chi connectivity index (χ4v) is 3.85. The molecule has 0 spiro atoms. The number of hydrogen-bond donors (Lipinski definition) is 1. The maximum Gasteiger partial charge on any atom is 0.345 e. The molecule has 136 valence electrons. The summed E-state index contributed by atoms with van der Waals surface area (Å²) in [4.78, 5) is 25.8. The van der Waals surface area contributed by atoms with Crippen LogP contribution in [0.3, 0.4) is 0 Å². The highest BCUT2D eigenvalue weighted by Crippen LogP contribution is 2.14. The normalized spacial score (nSPS) is 17.3. The van der Waals surface area contributed by atoms with E-state index in [0.717, 1.165) is 36.4 Å². The van der Waals surface area contributed by atoms with Gasteiger partial charge in [-0.2, -0.15) is 5.10 Å². The molecular weight excluding hydrogens is 336 g/mol. The first-order valence-electron chi connectivity index (χ1n) is 9.01. The fraction of sp³-hybridized carbons (Fsp3) is 0.611. The molecule has 1 aliphatic rings. The number of aryl methyl sites for hydroxylation is 2. The highest BCUT2D eigenvalue weighted by Gasteiger charge is 2.22. The van der Waals surface area contributed by atoms with Crippen LogP contribution in [0.2, 0.25) is 0 Å². The summed E-state index contributed by atoms with van der Waals surface area (Å²) in [5.41, 5.74) is -0.0128. The van der Waals surface area contributed by atoms with Crippen LogP contribution in [0.1, 0.15) is 43.8 Å². The second kappa shape index (κ2) is 7.99. The van der Waals surface area contributed by atoms with Gasteiger partial charge in [-0.15, -0.1) is 11.3 Å². The van der Waals surface area contributed by atoms with Crippen molar-refractivity contribution in [3.63, 3.8) is 0 Å². The van der Waals surface area contributed by atoms with E-state index in [1.165, 1.54) is 0 Å². The summed E-state index contributed by atoms with van der Waals surface area (Å²) >= 11 is 1.60. The summed E-state index contributed by atoms with van der Waals surface area (Å²) in [6, 6.07) is 4.05. The Morgan fingerprint density at radius 3 is 3.00 bits per heavy atom. The molecule has 0 aromatic carbocycles. The molecule has 25 heavy (non-hydrogen) atoms. The van der Waals surface area contributed by atoms with E-state index >= 15 is 0 Å². The average Bonchev–Trinajstić information content (AvgIpc) is 3.11. The summed E-state index contributed by atoms with van der Waals surface area (Å²) in [7, 11) is 0. The van der Waals surface area contributed by atoms with E-state index in [1.807, 2.05) is 17.5 Å². The lowest BCUT2D eigenvalue weighted by atomic mass is 10.1. The summed E-state index contributed by atoms with van der Waals surface area (Å²) in [6.45, 7) is 5.60. The Hall–Kier alpha value is -1.89. The number of carbonyl (C=O) groups is 1. The van der Waals surface area contributed by atoms with Crippen LogP contribution in [0.5, 0.6) is 0 Å². The van der Waals surface area contributed by atoms with Crippen LogP contribution < -0.4 is 11.0 Å². The SMILES string of the molecule is CC(C)CCn1nc2n(c1=O)CCC(NC(=O)Cc1cccs1)CC2. The number of hydrogen-bond acceptors (Lipinski definition) is 4. The number of rotatable bonds is 6. The second-order valence-corrected chi connectivity index (χ2v) is 8.14. The van der Waals surface area contributed by atoms with Crippen molar-refractivity contribution in [3.8, 4) is 0 Å². The molecule has 7 heteroatoms. The summed E-state index contributed by atoms with van der Waals surface area (Å²) in [5, 5.41) is 9.61. The number of aromatic nitrogens is 3. The third-order valence-corrected chi connectivity index (χ3v) is 5.49. The zero-order chi connectivity index (χ0) is 17.8. The Morgan fingerprint density at radius 1 is 1.44 bits per heavy atom. The first kappa shape index (κ1) is 17.9. The van der Waals surface area contributed by atoms with E-state index in [-0.39, 0.29) is 17.6 Å². The predicted octanol–water partition coefficient (Wildman–Crippen LogP) is 2.22. The van der Waals surface area contributed by atoms with Crippen LogP contribution in [0, 0.1) is 5.92 Å². The first-order chi connectivity index (χ1) is 12.0. The zero-order valence-electron chi connectivity index (χ0n) is 14.9. The summed E-state index contributed by atoms with van der Waals surface area (Å²) < 4.78 is 3.39. The molecule has 0 saturated heterocycles. The molecule has 6 nitrogen and oxygen atoms in total. The molecule has 1 unspecified atom stereocenters. The molecule has 3 rings (SSSR count). The number of thiophene rings is 1. The Balaban J connectivity index is 1.57. The number of nitrogens with one attached hydrogen (secondary N) is 1. The van der Waals surface area contributed by atoms with Crippen LogP contribution in [-0.2, 0) is 30.7 Å². The van der Waals surface area contributed by atoms with E-state index < -0.39 is 0 Å². The van der Waals surface area contributed by atoms with Crippen LogP contribution in [0.4, 0.5) is 0 Å². The maximum atomic E-state index is 12.5. The van der Waals surface area contributed by atoms with Crippen molar-refractivity contribution in [2.45, 2.75) is 65.1 Å². The van der Waals surface area contributed by atoms with Gasteiger partial charge in [0.2, 0.25) is 5.91 Å². The molecule has 1 N–H and O–H groups in total. The van der Waals surface area contributed by atoms with E-state index in [0.29, 0.717) is 25.4 Å². The third kappa shape index (κ3) is 4.60. The molecule has 1 amide bonds. The Kier molecular flexibility index (Phi) is 5.73. The second-order valence-electron chi connectivity index (χ2n) is 7.10. The van der Waals surface area contributed by atoms with Gasteiger partial charge in [-0.05, 0) is 36.6 Å². The van der Waals surface area contributed by atoms with Gasteiger partial charge in [-0.25, -0.2) is 9.48 Å². The number of fused-ring (bicyclic) bond motifs is 1. The Morgan fingerprint density at radius 2 is 2.28 bits per heavy atom. The van der Waals surface area contributed by atoms with Crippen molar-refractivity contribution in [2.75, 3.05) is 0 Å². The smallest absolute Gasteiger partial charge is 0.345 e. The van der Waals surface area contributed by atoms with Gasteiger partial charge in [0.1, 0.15) is 5.82 Å². The van der Waals surface area contributed by atoms with Crippen molar-refractivity contribution in [3.05, 3.63) is 38.7 Å². The molecular formula is C18H26N4O2S. The maximum absolute atomic E-state index is 12.5. The van der Waals surface area contributed by atoms with Gasteiger partial charge >= 0.3 is 5.69 Å². The molecule has 0 radical (unpaired) electrons. The number of nitrogens with zero attached hydrogens (tertiary/aromatic N) is 3. The topological polar surface area (TPSA) is 68.9 Å². The minimum absolute atomic E-state index is 0.0128. The molecule has 1 aliphatic heterocycles. The lowest BCUT2D eigenvalue weighted by molar-refractivity contribution is -0.121. The van der Waals surface area contributed by atoms with Gasteiger partial charge in [-0.3, -0.25) is 9.36 Å². The van der Waals surface area contributed by atoms with Crippen molar-refractivity contribution in [1.29, 1.82) is 0 Å². The van der Waals surface area contributed by atoms with E-state index in [4.69, 9.17) is 0 Å². The van der Waals surface area contributed by atoms with Crippen molar-refractivity contribution in [2.24, 2.45) is 5.92 Å². The van der Waals surface area contributed by atoms with Crippen LogP contribution >= 0.6 is 11.3 Å². The molecule has 2 aromatic rings. The van der Waals surface area contributed by atoms with Gasteiger partial charge in [0.15, 0.2) is 0 Å². The molecule has 3 heterocycles. The highest BCUT2D eigenvalue weighted by molar-refractivity contribution is 7.10. The van der Waals surface area contributed by atoms with Crippen LogP contribution in [0.15, 0.2) is 22.3 Å². The number of carbonyl (C=O) groups excluding carboxylic acids is 1.